The van der Waals surface area contributed by atoms with Gasteiger partial charge in [0.15, 0.2) is 0 Å². The Labute approximate surface area is 224 Å². The van der Waals surface area contributed by atoms with Crippen molar-refractivity contribution < 1.29 is 19.4 Å². The number of carboxylic acids is 1. The summed E-state index contributed by atoms with van der Waals surface area (Å²) in [6, 6.07) is 21.6. The third-order valence-electron chi connectivity index (χ3n) is 6.57. The van der Waals surface area contributed by atoms with Crippen LogP contribution in [0.3, 0.4) is 0 Å². The van der Waals surface area contributed by atoms with Crippen molar-refractivity contribution in [3.63, 3.8) is 0 Å². The van der Waals surface area contributed by atoms with Crippen molar-refractivity contribution in [1.29, 1.82) is 0 Å². The van der Waals surface area contributed by atoms with Crippen LogP contribution in [0.25, 0.3) is 5.52 Å². The van der Waals surface area contributed by atoms with Gasteiger partial charge in [-0.05, 0) is 72.7 Å². The highest BCUT2D eigenvalue weighted by Gasteiger charge is 2.20. The molecular formula is C32H36N2O4. The van der Waals surface area contributed by atoms with Crippen molar-refractivity contribution in [1.82, 2.24) is 9.38 Å². The zero-order valence-electron chi connectivity index (χ0n) is 22.4. The number of ketones is 1. The molecule has 2 aromatic carbocycles. The standard InChI is InChI=1S/C32H36N2O4/c1-4-8-28(24-14-12-23(13-15-24)21-22(2)3)38-26-18-16-25(17-19-26)32(37)31-27-9-5-6-20-34(27)29(33-31)10-7-11-30(35)36/h5-6,9,12-20,22,28H,4,7-8,10-11,21H2,1-3H3,(H,35,36). The first-order valence-corrected chi connectivity index (χ1v) is 13.4. The molecule has 0 bridgehead atoms. The fourth-order valence-corrected chi connectivity index (χ4v) is 4.72. The van der Waals surface area contributed by atoms with Gasteiger partial charge in [0.1, 0.15) is 23.4 Å². The number of aromatic nitrogens is 2. The predicted octanol–water partition coefficient (Wildman–Crippen LogP) is 7.09. The molecule has 0 aliphatic rings. The van der Waals surface area contributed by atoms with Gasteiger partial charge in [0, 0.05) is 24.6 Å². The quantitative estimate of drug-likeness (QED) is 0.193. The van der Waals surface area contributed by atoms with Gasteiger partial charge in [0.05, 0.1) is 5.52 Å². The number of nitrogens with zero attached hydrogens (tertiary/aromatic N) is 2. The number of carbonyl (C=O) groups is 2. The summed E-state index contributed by atoms with van der Waals surface area (Å²) in [7, 11) is 0. The summed E-state index contributed by atoms with van der Waals surface area (Å²) in [6.45, 7) is 6.60. The topological polar surface area (TPSA) is 80.9 Å². The average Bonchev–Trinajstić information content (AvgIpc) is 3.27. The van der Waals surface area contributed by atoms with Crippen LogP contribution in [0.5, 0.6) is 5.75 Å². The van der Waals surface area contributed by atoms with E-state index in [2.05, 4.69) is 50.0 Å². The Balaban J connectivity index is 1.50. The largest absolute Gasteiger partial charge is 0.486 e. The molecule has 0 spiro atoms. The Morgan fingerprint density at radius 2 is 1.74 bits per heavy atom. The number of ether oxygens (including phenoxy) is 1. The van der Waals surface area contributed by atoms with E-state index in [9.17, 15) is 9.59 Å². The van der Waals surface area contributed by atoms with Crippen LogP contribution >= 0.6 is 0 Å². The summed E-state index contributed by atoms with van der Waals surface area (Å²) in [5, 5.41) is 8.97. The molecule has 1 atom stereocenters. The molecule has 0 saturated carbocycles. The van der Waals surface area contributed by atoms with Crippen LogP contribution in [-0.2, 0) is 17.6 Å². The number of hydrogen-bond donors (Lipinski definition) is 1. The number of hydrogen-bond acceptors (Lipinski definition) is 4. The fraction of sp³-hybridized carbons (Fsp3) is 0.344. The zero-order chi connectivity index (χ0) is 27.1. The van der Waals surface area contributed by atoms with Crippen molar-refractivity contribution in [2.24, 2.45) is 5.92 Å². The molecule has 6 heteroatoms. The second kappa shape index (κ2) is 12.5. The molecule has 0 aliphatic carbocycles. The Kier molecular flexibility index (Phi) is 8.95. The minimum atomic E-state index is -0.839. The molecule has 0 aliphatic heterocycles. The minimum Gasteiger partial charge on any atom is -0.486 e. The Morgan fingerprint density at radius 1 is 1.00 bits per heavy atom. The second-order valence-electron chi connectivity index (χ2n) is 10.2. The van der Waals surface area contributed by atoms with E-state index < -0.39 is 5.97 Å². The molecule has 2 aromatic heterocycles. The average molecular weight is 513 g/mol. The molecule has 1 N–H and O–H groups in total. The summed E-state index contributed by atoms with van der Waals surface area (Å²) in [5.41, 5.74) is 4.10. The number of aryl methyl sites for hydroxylation is 1. The van der Waals surface area contributed by atoms with Gasteiger partial charge in [0.2, 0.25) is 5.78 Å². The summed E-state index contributed by atoms with van der Waals surface area (Å²) >= 11 is 0. The first-order valence-electron chi connectivity index (χ1n) is 13.4. The van der Waals surface area contributed by atoms with Crippen LogP contribution < -0.4 is 4.74 Å². The minimum absolute atomic E-state index is 0.0555. The van der Waals surface area contributed by atoms with Crippen LogP contribution in [0.15, 0.2) is 72.9 Å². The maximum Gasteiger partial charge on any atom is 0.303 e. The number of imidazole rings is 1. The lowest BCUT2D eigenvalue weighted by Gasteiger charge is -2.20. The molecule has 2 heterocycles. The Morgan fingerprint density at radius 3 is 2.39 bits per heavy atom. The monoisotopic (exact) mass is 512 g/mol. The summed E-state index contributed by atoms with van der Waals surface area (Å²) in [5.74, 6) is 1.01. The molecule has 6 nitrogen and oxygen atoms in total. The van der Waals surface area contributed by atoms with Gasteiger partial charge in [-0.25, -0.2) is 4.98 Å². The summed E-state index contributed by atoms with van der Waals surface area (Å²) in [6.07, 6.45) is 5.76. The molecule has 4 aromatic rings. The van der Waals surface area contributed by atoms with Gasteiger partial charge in [-0.3, -0.25) is 9.59 Å². The number of aliphatic carboxylic acids is 1. The molecule has 198 valence electrons. The Hall–Kier alpha value is -3.93. The number of rotatable bonds is 13. The van der Waals surface area contributed by atoms with Crippen LogP contribution in [0, 0.1) is 5.92 Å². The van der Waals surface area contributed by atoms with Gasteiger partial charge in [-0.1, -0.05) is 57.5 Å². The van der Waals surface area contributed by atoms with Crippen LogP contribution in [-0.4, -0.2) is 26.2 Å². The van der Waals surface area contributed by atoms with E-state index in [0.29, 0.717) is 41.4 Å². The van der Waals surface area contributed by atoms with Crippen LogP contribution in [0.1, 0.15) is 85.6 Å². The van der Waals surface area contributed by atoms with Crippen molar-refractivity contribution in [3.8, 4) is 5.75 Å². The third-order valence-corrected chi connectivity index (χ3v) is 6.57. The van der Waals surface area contributed by atoms with Crippen molar-refractivity contribution in [3.05, 3.63) is 101 Å². The first-order chi connectivity index (χ1) is 18.4. The first kappa shape index (κ1) is 27.1. The maximum absolute atomic E-state index is 13.4. The predicted molar refractivity (Wildman–Crippen MR) is 149 cm³/mol. The normalized spacial score (nSPS) is 12.1. The maximum atomic E-state index is 13.4. The van der Waals surface area contributed by atoms with Gasteiger partial charge in [0.25, 0.3) is 0 Å². The highest BCUT2D eigenvalue weighted by Crippen LogP contribution is 2.28. The zero-order valence-corrected chi connectivity index (χ0v) is 22.4. The number of carbonyl (C=O) groups excluding carboxylic acids is 1. The molecule has 0 saturated heterocycles. The molecule has 1 unspecified atom stereocenters. The molecular weight excluding hydrogens is 476 g/mol. The van der Waals surface area contributed by atoms with Crippen molar-refractivity contribution in [2.75, 3.05) is 0 Å². The number of pyridine rings is 1. The van der Waals surface area contributed by atoms with Gasteiger partial charge in [-0.15, -0.1) is 0 Å². The SMILES string of the molecule is CCCC(Oc1ccc(C(=O)c2nc(CCCC(=O)O)n3ccccc23)cc1)c1ccc(CC(C)C)cc1. The van der Waals surface area contributed by atoms with E-state index in [1.807, 2.05) is 40.9 Å². The number of benzene rings is 2. The van der Waals surface area contributed by atoms with E-state index in [1.165, 1.54) is 5.56 Å². The van der Waals surface area contributed by atoms with E-state index in [0.717, 1.165) is 30.6 Å². The van der Waals surface area contributed by atoms with Crippen LogP contribution in [0.2, 0.25) is 0 Å². The van der Waals surface area contributed by atoms with E-state index in [4.69, 9.17) is 9.84 Å². The van der Waals surface area contributed by atoms with Gasteiger partial charge >= 0.3 is 5.97 Å². The smallest absolute Gasteiger partial charge is 0.303 e. The molecule has 0 radical (unpaired) electrons. The highest BCUT2D eigenvalue weighted by atomic mass is 16.5. The second-order valence-corrected chi connectivity index (χ2v) is 10.2. The van der Waals surface area contributed by atoms with Crippen molar-refractivity contribution >= 4 is 17.3 Å². The number of carboxylic acid groups (broad SMARTS) is 1. The highest BCUT2D eigenvalue weighted by molar-refractivity contribution is 6.11. The summed E-state index contributed by atoms with van der Waals surface area (Å²) in [4.78, 5) is 28.9. The molecule has 4 rings (SSSR count). The fourth-order valence-electron chi connectivity index (χ4n) is 4.72. The molecule has 38 heavy (non-hydrogen) atoms. The molecule has 0 fully saturated rings. The van der Waals surface area contributed by atoms with Gasteiger partial charge in [-0.2, -0.15) is 0 Å². The Bertz CT molecular complexity index is 1370. The van der Waals surface area contributed by atoms with E-state index in [-0.39, 0.29) is 18.3 Å². The van der Waals surface area contributed by atoms with E-state index in [1.54, 1.807) is 12.1 Å². The van der Waals surface area contributed by atoms with E-state index >= 15 is 0 Å². The lowest BCUT2D eigenvalue weighted by Crippen LogP contribution is -2.08. The third kappa shape index (κ3) is 6.68. The molecule has 0 amide bonds. The number of fused-ring (bicyclic) bond motifs is 1. The lowest BCUT2D eigenvalue weighted by atomic mass is 9.99. The van der Waals surface area contributed by atoms with Crippen molar-refractivity contribution in [2.45, 2.75) is 65.4 Å². The van der Waals surface area contributed by atoms with Gasteiger partial charge < -0.3 is 14.2 Å². The lowest BCUT2D eigenvalue weighted by molar-refractivity contribution is -0.137. The summed E-state index contributed by atoms with van der Waals surface area (Å²) < 4.78 is 8.23. The van der Waals surface area contributed by atoms with Crippen LogP contribution in [0.4, 0.5) is 0 Å².